The van der Waals surface area contributed by atoms with Crippen LogP contribution in [0.1, 0.15) is 53.4 Å². The standard InChI is InChI=1S/C20H28O4/c1-5-6-7-10-17(21)16-11-13-20(4,12-8-9-15(2)3)24-18(16)14-19(22)23/h7,9-11,13-14,21H,5-6,8,12H2,1-4H3,(H,22,23)/b10-7+,17-16+,18-14-. The fourth-order valence-corrected chi connectivity index (χ4v) is 2.35. The lowest BCUT2D eigenvalue weighted by atomic mass is 9.93. The quantitative estimate of drug-likeness (QED) is 0.381. The van der Waals surface area contributed by atoms with Gasteiger partial charge >= 0.3 is 5.97 Å². The maximum absolute atomic E-state index is 11.1. The Hall–Kier alpha value is -2.23. The number of aliphatic hydroxyl groups is 1. The van der Waals surface area contributed by atoms with Gasteiger partial charge in [0.15, 0.2) is 0 Å². The summed E-state index contributed by atoms with van der Waals surface area (Å²) < 4.78 is 5.92. The van der Waals surface area contributed by atoms with Crippen LogP contribution < -0.4 is 0 Å². The fraction of sp³-hybridized carbons (Fsp3) is 0.450. The molecule has 1 aliphatic heterocycles. The monoisotopic (exact) mass is 332 g/mol. The maximum Gasteiger partial charge on any atom is 0.332 e. The first kappa shape index (κ1) is 19.8. The van der Waals surface area contributed by atoms with E-state index in [1.54, 1.807) is 12.2 Å². The third kappa shape index (κ3) is 6.49. The summed E-state index contributed by atoms with van der Waals surface area (Å²) in [5, 5.41) is 19.3. The van der Waals surface area contributed by atoms with E-state index >= 15 is 0 Å². The fourth-order valence-electron chi connectivity index (χ4n) is 2.35. The van der Waals surface area contributed by atoms with E-state index in [0.717, 1.165) is 31.8 Å². The van der Waals surface area contributed by atoms with E-state index in [1.807, 2.05) is 39.8 Å². The number of unbranched alkanes of at least 4 members (excludes halogenated alkanes) is 1. The minimum Gasteiger partial charge on any atom is -0.507 e. The summed E-state index contributed by atoms with van der Waals surface area (Å²) in [7, 11) is 0. The van der Waals surface area contributed by atoms with E-state index in [2.05, 4.69) is 6.08 Å². The Morgan fingerprint density at radius 2 is 2.00 bits per heavy atom. The smallest absolute Gasteiger partial charge is 0.332 e. The van der Waals surface area contributed by atoms with Crippen LogP contribution in [0.5, 0.6) is 0 Å². The lowest BCUT2D eigenvalue weighted by Gasteiger charge is -2.32. The van der Waals surface area contributed by atoms with Gasteiger partial charge < -0.3 is 14.9 Å². The highest BCUT2D eigenvalue weighted by molar-refractivity contribution is 5.81. The minimum atomic E-state index is -1.10. The minimum absolute atomic E-state index is 0.0125. The Balaban J connectivity index is 3.10. The Kier molecular flexibility index (Phi) is 7.56. The van der Waals surface area contributed by atoms with Crippen molar-refractivity contribution in [3.8, 4) is 0 Å². The molecular formula is C20H28O4. The molecule has 0 aromatic heterocycles. The highest BCUT2D eigenvalue weighted by atomic mass is 16.5. The van der Waals surface area contributed by atoms with Gasteiger partial charge in [0.25, 0.3) is 0 Å². The molecule has 1 rings (SSSR count). The predicted octanol–water partition coefficient (Wildman–Crippen LogP) is 5.21. The van der Waals surface area contributed by atoms with Crippen molar-refractivity contribution in [3.05, 3.63) is 59.1 Å². The van der Waals surface area contributed by atoms with Gasteiger partial charge in [-0.2, -0.15) is 0 Å². The van der Waals surface area contributed by atoms with Crippen LogP contribution in [0, 0.1) is 0 Å². The van der Waals surface area contributed by atoms with Crippen LogP contribution in [-0.4, -0.2) is 21.8 Å². The highest BCUT2D eigenvalue weighted by Gasteiger charge is 2.29. The zero-order valence-electron chi connectivity index (χ0n) is 15.0. The molecule has 0 aliphatic carbocycles. The van der Waals surface area contributed by atoms with E-state index in [1.165, 1.54) is 5.57 Å². The molecule has 0 saturated carbocycles. The summed E-state index contributed by atoms with van der Waals surface area (Å²) in [5.74, 6) is -0.906. The molecule has 0 spiro atoms. The number of rotatable bonds is 7. The summed E-state index contributed by atoms with van der Waals surface area (Å²) in [5.41, 5.74) is 1.04. The molecule has 4 heteroatoms. The molecule has 1 aliphatic rings. The van der Waals surface area contributed by atoms with Gasteiger partial charge in [0, 0.05) is 0 Å². The molecule has 4 nitrogen and oxygen atoms in total. The van der Waals surface area contributed by atoms with Crippen molar-refractivity contribution in [2.24, 2.45) is 0 Å². The van der Waals surface area contributed by atoms with Crippen LogP contribution in [0.25, 0.3) is 0 Å². The molecule has 0 radical (unpaired) electrons. The first-order valence-corrected chi connectivity index (χ1v) is 8.34. The second-order valence-electron chi connectivity index (χ2n) is 6.40. The molecule has 0 aromatic carbocycles. The van der Waals surface area contributed by atoms with Crippen LogP contribution in [0.2, 0.25) is 0 Å². The summed E-state index contributed by atoms with van der Waals surface area (Å²) >= 11 is 0. The Morgan fingerprint density at radius 1 is 1.29 bits per heavy atom. The first-order valence-electron chi connectivity index (χ1n) is 8.34. The number of hydrogen-bond donors (Lipinski definition) is 2. The Labute approximate surface area is 144 Å². The van der Waals surface area contributed by atoms with Crippen molar-refractivity contribution in [1.29, 1.82) is 0 Å². The van der Waals surface area contributed by atoms with Crippen LogP contribution in [0.4, 0.5) is 0 Å². The van der Waals surface area contributed by atoms with Crippen molar-refractivity contribution in [2.75, 3.05) is 0 Å². The van der Waals surface area contributed by atoms with Crippen molar-refractivity contribution in [1.82, 2.24) is 0 Å². The number of allylic oxidation sites excluding steroid dienone is 5. The number of hydrogen-bond acceptors (Lipinski definition) is 3. The van der Waals surface area contributed by atoms with Crippen molar-refractivity contribution >= 4 is 5.97 Å². The second kappa shape index (κ2) is 9.16. The number of carbonyl (C=O) groups is 1. The molecule has 24 heavy (non-hydrogen) atoms. The highest BCUT2D eigenvalue weighted by Crippen LogP contribution is 2.33. The van der Waals surface area contributed by atoms with Gasteiger partial charge in [0.05, 0.1) is 11.6 Å². The summed E-state index contributed by atoms with van der Waals surface area (Å²) in [4.78, 5) is 11.1. The van der Waals surface area contributed by atoms with Crippen LogP contribution in [-0.2, 0) is 9.53 Å². The van der Waals surface area contributed by atoms with Crippen molar-refractivity contribution < 1.29 is 19.7 Å². The number of ether oxygens (including phenoxy) is 1. The van der Waals surface area contributed by atoms with Gasteiger partial charge in [-0.05, 0) is 58.3 Å². The largest absolute Gasteiger partial charge is 0.507 e. The maximum atomic E-state index is 11.1. The lowest BCUT2D eigenvalue weighted by Crippen LogP contribution is -2.29. The molecule has 132 valence electrons. The average Bonchev–Trinajstić information content (AvgIpc) is 2.46. The van der Waals surface area contributed by atoms with E-state index in [0.29, 0.717) is 5.57 Å². The third-order valence-corrected chi connectivity index (χ3v) is 3.67. The van der Waals surface area contributed by atoms with Crippen molar-refractivity contribution in [3.63, 3.8) is 0 Å². The summed E-state index contributed by atoms with van der Waals surface area (Å²) in [6.45, 7) is 8.04. The van der Waals surface area contributed by atoms with Crippen LogP contribution >= 0.6 is 0 Å². The molecule has 0 fully saturated rings. The second-order valence-corrected chi connectivity index (χ2v) is 6.40. The molecule has 0 aromatic rings. The van der Waals surface area contributed by atoms with E-state index in [4.69, 9.17) is 9.84 Å². The molecule has 1 unspecified atom stereocenters. The zero-order chi connectivity index (χ0) is 18.2. The number of aliphatic carboxylic acids is 1. The Morgan fingerprint density at radius 3 is 2.58 bits per heavy atom. The van der Waals surface area contributed by atoms with Gasteiger partial charge in [0.1, 0.15) is 17.1 Å². The number of carboxylic acids is 1. The van der Waals surface area contributed by atoms with Gasteiger partial charge in [-0.15, -0.1) is 0 Å². The van der Waals surface area contributed by atoms with E-state index < -0.39 is 11.6 Å². The van der Waals surface area contributed by atoms with Crippen molar-refractivity contribution in [2.45, 2.75) is 59.0 Å². The third-order valence-electron chi connectivity index (χ3n) is 3.67. The topological polar surface area (TPSA) is 66.8 Å². The normalized spacial score (nSPS) is 24.1. The van der Waals surface area contributed by atoms with Crippen LogP contribution in [0.3, 0.4) is 0 Å². The zero-order valence-corrected chi connectivity index (χ0v) is 15.0. The molecule has 0 amide bonds. The van der Waals surface area contributed by atoms with Gasteiger partial charge in [0.2, 0.25) is 0 Å². The van der Waals surface area contributed by atoms with E-state index in [9.17, 15) is 9.90 Å². The lowest BCUT2D eigenvalue weighted by molar-refractivity contribution is -0.131. The molecular weight excluding hydrogens is 304 g/mol. The molecule has 0 bridgehead atoms. The first-order chi connectivity index (χ1) is 11.3. The average molecular weight is 332 g/mol. The Bertz CT molecular complexity index is 601. The van der Waals surface area contributed by atoms with E-state index in [-0.39, 0.29) is 11.5 Å². The van der Waals surface area contributed by atoms with Gasteiger partial charge in [-0.3, -0.25) is 0 Å². The molecule has 2 N–H and O–H groups in total. The summed E-state index contributed by atoms with van der Waals surface area (Å²) in [6, 6.07) is 0. The SMILES string of the molecule is CCC/C=C/C(O)=C1/C=CC(C)(CCC=C(C)C)O/C1=C\C(=O)O. The predicted molar refractivity (Wildman–Crippen MR) is 96.7 cm³/mol. The molecule has 1 heterocycles. The van der Waals surface area contributed by atoms with Gasteiger partial charge in [-0.25, -0.2) is 4.79 Å². The molecule has 1 atom stereocenters. The number of aliphatic hydroxyl groups excluding tert-OH is 1. The molecule has 0 saturated heterocycles. The summed E-state index contributed by atoms with van der Waals surface area (Å²) in [6.07, 6.45) is 13.6. The van der Waals surface area contributed by atoms with Gasteiger partial charge in [-0.1, -0.05) is 31.1 Å². The van der Waals surface area contributed by atoms with Crippen LogP contribution in [0.15, 0.2) is 59.1 Å². The number of carboxylic acid groups (broad SMARTS) is 1.